The number of carbonyl (C=O) groups is 1. The molecule has 3 aromatic rings. The molecule has 0 aliphatic carbocycles. The van der Waals surface area contributed by atoms with Crippen LogP contribution in [0.1, 0.15) is 67.3 Å². The number of hydrogen-bond donors (Lipinski definition) is 1. The summed E-state index contributed by atoms with van der Waals surface area (Å²) in [5.74, 6) is -1.07. The molecule has 3 atom stereocenters. The first-order valence-electron chi connectivity index (χ1n) is 16.9. The first kappa shape index (κ1) is 36.9. The van der Waals surface area contributed by atoms with Crippen molar-refractivity contribution in [1.29, 1.82) is 0 Å². The maximum Gasteiger partial charge on any atom is 0.416 e. The number of sulfone groups is 1. The van der Waals surface area contributed by atoms with Crippen LogP contribution in [0.5, 0.6) is 0 Å². The number of nitrogens with one attached hydrogen (secondary N) is 1. The second kappa shape index (κ2) is 13.9. The summed E-state index contributed by atoms with van der Waals surface area (Å²) in [6.07, 6.45) is -3.19. The predicted octanol–water partition coefficient (Wildman–Crippen LogP) is 7.51. The minimum absolute atomic E-state index is 0.110. The number of piperidine rings is 1. The summed E-state index contributed by atoms with van der Waals surface area (Å²) in [5.41, 5.74) is -2.42. The lowest BCUT2D eigenvalue weighted by Gasteiger charge is -2.49. The highest BCUT2D eigenvalue weighted by atomic mass is 32.2. The van der Waals surface area contributed by atoms with Crippen LogP contribution in [-0.4, -0.2) is 68.9 Å². The van der Waals surface area contributed by atoms with Crippen molar-refractivity contribution in [2.24, 2.45) is 0 Å². The molecule has 2 saturated heterocycles. The number of amides is 1. The van der Waals surface area contributed by atoms with Crippen molar-refractivity contribution >= 4 is 27.1 Å². The van der Waals surface area contributed by atoms with Gasteiger partial charge in [0.25, 0.3) is 0 Å². The molecule has 0 spiro atoms. The summed E-state index contributed by atoms with van der Waals surface area (Å²) in [4.78, 5) is 20.5. The zero-order valence-electron chi connectivity index (χ0n) is 28.3. The number of anilines is 1. The summed E-state index contributed by atoms with van der Waals surface area (Å²) in [6, 6.07) is 13.0. The van der Waals surface area contributed by atoms with Crippen LogP contribution in [0.15, 0.2) is 83.8 Å². The Bertz CT molecular complexity index is 1890. The number of hydrogen-bond acceptors (Lipinski definition) is 6. The molecule has 0 saturated carbocycles. The van der Waals surface area contributed by atoms with Crippen molar-refractivity contribution in [3.8, 4) is 0 Å². The maximum atomic E-state index is 15.1. The highest BCUT2D eigenvalue weighted by Crippen LogP contribution is 2.50. The van der Waals surface area contributed by atoms with Crippen molar-refractivity contribution in [1.82, 2.24) is 15.1 Å². The summed E-state index contributed by atoms with van der Waals surface area (Å²) >= 11 is 0. The van der Waals surface area contributed by atoms with Crippen LogP contribution < -0.4 is 10.2 Å². The fourth-order valence-electron chi connectivity index (χ4n) is 7.57. The van der Waals surface area contributed by atoms with E-state index in [1.54, 1.807) is 15.9 Å². The molecule has 51 heavy (non-hydrogen) atoms. The Labute approximate surface area is 293 Å². The number of carbonyl (C=O) groups excluding carboxylic acids is 1. The Balaban J connectivity index is 1.65. The minimum atomic E-state index is -4.92. The van der Waals surface area contributed by atoms with Crippen molar-refractivity contribution < 1.29 is 39.6 Å². The Kier molecular flexibility index (Phi) is 10.1. The minimum Gasteiger partial charge on any atom is -0.339 e. The Morgan fingerprint density at radius 3 is 2.22 bits per heavy atom. The van der Waals surface area contributed by atoms with Gasteiger partial charge < -0.3 is 10.2 Å². The largest absolute Gasteiger partial charge is 0.416 e. The van der Waals surface area contributed by atoms with E-state index in [4.69, 9.17) is 0 Å². The number of rotatable bonds is 8. The van der Waals surface area contributed by atoms with E-state index in [9.17, 15) is 34.8 Å². The van der Waals surface area contributed by atoms with Crippen LogP contribution in [-0.2, 0) is 26.3 Å². The van der Waals surface area contributed by atoms with Crippen LogP contribution in [0.3, 0.4) is 0 Å². The average Bonchev–Trinajstić information content (AvgIpc) is 3.52. The number of halogens is 6. The maximum absolute atomic E-state index is 15.1. The van der Waals surface area contributed by atoms with Crippen LogP contribution in [0.25, 0.3) is 5.70 Å². The second-order valence-corrected chi connectivity index (χ2v) is 15.6. The van der Waals surface area contributed by atoms with E-state index in [2.05, 4.69) is 10.2 Å². The topological polar surface area (TPSA) is 73.0 Å². The molecular weight excluding hydrogens is 694 g/mol. The quantitative estimate of drug-likeness (QED) is 0.242. The van der Waals surface area contributed by atoms with Gasteiger partial charge in [0, 0.05) is 35.8 Å². The average molecular weight is 735 g/mol. The molecule has 0 aromatic heterocycles. The van der Waals surface area contributed by atoms with Crippen molar-refractivity contribution in [3.63, 3.8) is 0 Å². The van der Waals surface area contributed by atoms with E-state index < -0.39 is 45.2 Å². The molecule has 1 N–H and O–H groups in total. The van der Waals surface area contributed by atoms with Gasteiger partial charge in [0.15, 0.2) is 15.9 Å². The molecule has 3 aliphatic rings. The highest BCUT2D eigenvalue weighted by molar-refractivity contribution is 7.90. The van der Waals surface area contributed by atoms with Crippen LogP contribution >= 0.6 is 0 Å². The number of alkyl halides is 6. The van der Waals surface area contributed by atoms with Crippen molar-refractivity contribution in [2.75, 3.05) is 37.5 Å². The van der Waals surface area contributed by atoms with Crippen LogP contribution in [0, 0.1) is 0 Å². The molecule has 6 rings (SSSR count). The zero-order chi connectivity index (χ0) is 36.8. The molecule has 1 amide bonds. The van der Waals surface area contributed by atoms with Gasteiger partial charge >= 0.3 is 12.4 Å². The van der Waals surface area contributed by atoms with E-state index in [1.807, 2.05) is 6.92 Å². The normalized spacial score (nSPS) is 22.7. The van der Waals surface area contributed by atoms with E-state index in [0.717, 1.165) is 37.7 Å². The first-order chi connectivity index (χ1) is 24.0. The van der Waals surface area contributed by atoms with E-state index in [0.29, 0.717) is 31.6 Å². The standard InChI is InChI=1S/C37H40F6N4O3S/c1-25-11-10-20-47(25)35(34(48)44-33(37(41,42)43)26-12-5-3-6-13-26)23-32(27-14-9-15-28(21-27)36(38,39)40)46(24-45-18-7-4-8-19-45)31-17-16-29(22-30(31)35)51(2,49)50/h3,5-6,9,12-17,21-23,25,33H,4,7-8,10-11,18-20,24H2,1-2H3,(H,44,48)/t25-,33-,35?/m1/s1. The monoisotopic (exact) mass is 734 g/mol. The third-order valence-electron chi connectivity index (χ3n) is 10.1. The predicted molar refractivity (Wildman–Crippen MR) is 182 cm³/mol. The second-order valence-electron chi connectivity index (χ2n) is 13.6. The van der Waals surface area contributed by atoms with Crippen LogP contribution in [0.4, 0.5) is 32.0 Å². The van der Waals surface area contributed by atoms with E-state index >= 15 is 4.79 Å². The number of benzene rings is 3. The molecule has 1 unspecified atom stereocenters. The van der Waals surface area contributed by atoms with Crippen molar-refractivity contribution in [3.05, 3.63) is 101 Å². The van der Waals surface area contributed by atoms with Gasteiger partial charge in [-0.15, -0.1) is 0 Å². The third-order valence-corrected chi connectivity index (χ3v) is 11.2. The summed E-state index contributed by atoms with van der Waals surface area (Å²) < 4.78 is 113. The Hall–Kier alpha value is -3.88. The lowest BCUT2D eigenvalue weighted by atomic mass is 9.79. The van der Waals surface area contributed by atoms with E-state index in [-0.39, 0.29) is 46.5 Å². The lowest BCUT2D eigenvalue weighted by molar-refractivity contribution is -0.166. The molecule has 274 valence electrons. The summed E-state index contributed by atoms with van der Waals surface area (Å²) in [7, 11) is -3.88. The molecule has 3 aromatic carbocycles. The van der Waals surface area contributed by atoms with Gasteiger partial charge in [-0.05, 0) is 93.2 Å². The highest BCUT2D eigenvalue weighted by Gasteiger charge is 2.54. The van der Waals surface area contributed by atoms with E-state index in [1.165, 1.54) is 60.7 Å². The zero-order valence-corrected chi connectivity index (χ0v) is 29.1. The third kappa shape index (κ3) is 7.40. The molecule has 2 fully saturated rings. The number of likely N-dealkylation sites (tertiary alicyclic amines) is 2. The molecule has 0 bridgehead atoms. The summed E-state index contributed by atoms with van der Waals surface area (Å²) in [5, 5.41) is 2.28. The molecule has 7 nitrogen and oxygen atoms in total. The Morgan fingerprint density at radius 1 is 0.902 bits per heavy atom. The molecule has 3 aliphatic heterocycles. The van der Waals surface area contributed by atoms with Gasteiger partial charge in [-0.3, -0.25) is 14.6 Å². The Morgan fingerprint density at radius 2 is 1.61 bits per heavy atom. The summed E-state index contributed by atoms with van der Waals surface area (Å²) in [6.45, 7) is 3.68. The van der Waals surface area contributed by atoms with Gasteiger partial charge in [-0.25, -0.2) is 8.42 Å². The first-order valence-corrected chi connectivity index (χ1v) is 18.8. The molecule has 0 radical (unpaired) electrons. The smallest absolute Gasteiger partial charge is 0.339 e. The fraction of sp³-hybridized carbons (Fsp3) is 0.432. The van der Waals surface area contributed by atoms with Gasteiger partial charge in [0.1, 0.15) is 5.54 Å². The van der Waals surface area contributed by atoms with Crippen LogP contribution in [0.2, 0.25) is 0 Å². The number of fused-ring (bicyclic) bond motifs is 1. The van der Waals surface area contributed by atoms with Gasteiger partial charge in [-0.2, -0.15) is 26.3 Å². The molecule has 3 heterocycles. The SMILES string of the molecule is C[C@@H]1CCCN1C1(C(=O)N[C@H](c2ccccc2)C(F)(F)F)C=C(c2cccc(C(F)(F)F)c2)N(CN2CCCCC2)c2ccc(S(C)(=O)=O)cc21. The van der Waals surface area contributed by atoms with Gasteiger partial charge in [0.05, 0.1) is 17.1 Å². The lowest BCUT2D eigenvalue weighted by Crippen LogP contribution is -2.60. The van der Waals surface area contributed by atoms with Gasteiger partial charge in [-0.1, -0.05) is 48.9 Å². The van der Waals surface area contributed by atoms with Gasteiger partial charge in [0.2, 0.25) is 5.91 Å². The fourth-order valence-corrected chi connectivity index (χ4v) is 8.22. The molecule has 14 heteroatoms. The number of nitrogens with zero attached hydrogens (tertiary/aromatic N) is 3. The molecular formula is C37H40F6N4O3S. The van der Waals surface area contributed by atoms with Crippen molar-refractivity contribution in [2.45, 2.75) is 73.9 Å².